The van der Waals surface area contributed by atoms with E-state index in [2.05, 4.69) is 9.97 Å². The predicted molar refractivity (Wildman–Crippen MR) is 106 cm³/mol. The Labute approximate surface area is 174 Å². The molecule has 2 aromatic carbocycles. The third-order valence-electron chi connectivity index (χ3n) is 3.93. The lowest BCUT2D eigenvalue weighted by atomic mass is 10.1. The molecule has 3 rings (SSSR count). The maximum absolute atomic E-state index is 13.7. The summed E-state index contributed by atoms with van der Waals surface area (Å²) in [7, 11) is 0. The SMILES string of the molecule is CC=Cc1c(Oc2ccc(C(=O)O)cc2)nc(-c2ccc(Cl)cc2)nc1C(F)(F)F. The van der Waals surface area contributed by atoms with Gasteiger partial charge in [0, 0.05) is 10.6 Å². The van der Waals surface area contributed by atoms with E-state index in [1.807, 2.05) is 0 Å². The molecule has 0 aliphatic rings. The Kier molecular flexibility index (Phi) is 6.07. The molecule has 9 heteroatoms. The van der Waals surface area contributed by atoms with Gasteiger partial charge in [0.2, 0.25) is 5.88 Å². The van der Waals surface area contributed by atoms with Crippen LogP contribution in [0.1, 0.15) is 28.5 Å². The molecule has 1 aromatic heterocycles. The second kappa shape index (κ2) is 8.54. The van der Waals surface area contributed by atoms with E-state index in [-0.39, 0.29) is 28.6 Å². The summed E-state index contributed by atoms with van der Waals surface area (Å²) in [4.78, 5) is 18.9. The van der Waals surface area contributed by atoms with Crippen LogP contribution in [-0.2, 0) is 6.18 Å². The molecule has 3 aromatic rings. The Morgan fingerprint density at radius 3 is 2.23 bits per heavy atom. The Balaban J connectivity index is 2.16. The highest BCUT2D eigenvalue weighted by Crippen LogP contribution is 2.38. The number of halogens is 4. The minimum absolute atomic E-state index is 0.0107. The van der Waals surface area contributed by atoms with Crippen LogP contribution in [0.15, 0.2) is 54.6 Å². The van der Waals surface area contributed by atoms with Gasteiger partial charge in [-0.05, 0) is 55.5 Å². The Morgan fingerprint density at radius 1 is 1.07 bits per heavy atom. The lowest BCUT2D eigenvalue weighted by Crippen LogP contribution is -2.13. The lowest BCUT2D eigenvalue weighted by molar-refractivity contribution is -0.141. The Morgan fingerprint density at radius 2 is 1.70 bits per heavy atom. The fourth-order valence-electron chi connectivity index (χ4n) is 2.56. The van der Waals surface area contributed by atoms with E-state index >= 15 is 0 Å². The number of rotatable bonds is 5. The van der Waals surface area contributed by atoms with Crippen molar-refractivity contribution in [3.05, 3.63) is 76.5 Å². The first-order chi connectivity index (χ1) is 14.2. The van der Waals surface area contributed by atoms with E-state index < -0.39 is 17.8 Å². The van der Waals surface area contributed by atoms with E-state index in [1.54, 1.807) is 6.92 Å². The number of carbonyl (C=O) groups is 1. The number of allylic oxidation sites excluding steroid dienone is 1. The van der Waals surface area contributed by atoms with Gasteiger partial charge in [-0.25, -0.2) is 9.78 Å². The molecular weight excluding hydrogens is 421 g/mol. The largest absolute Gasteiger partial charge is 0.478 e. The zero-order valence-electron chi connectivity index (χ0n) is 15.4. The number of nitrogens with zero attached hydrogens (tertiary/aromatic N) is 2. The normalized spacial score (nSPS) is 11.6. The van der Waals surface area contributed by atoms with Crippen molar-refractivity contribution in [1.29, 1.82) is 0 Å². The molecule has 0 bridgehead atoms. The van der Waals surface area contributed by atoms with Crippen LogP contribution in [0.5, 0.6) is 11.6 Å². The molecule has 0 radical (unpaired) electrons. The minimum atomic E-state index is -4.76. The second-order valence-corrected chi connectivity index (χ2v) is 6.49. The maximum Gasteiger partial charge on any atom is 0.434 e. The fraction of sp³-hybridized carbons (Fsp3) is 0.0952. The van der Waals surface area contributed by atoms with Crippen LogP contribution in [0.3, 0.4) is 0 Å². The monoisotopic (exact) mass is 434 g/mol. The van der Waals surface area contributed by atoms with Gasteiger partial charge in [-0.15, -0.1) is 0 Å². The molecular formula is C21H14ClF3N2O3. The third-order valence-corrected chi connectivity index (χ3v) is 4.18. The number of benzene rings is 2. The summed E-state index contributed by atoms with van der Waals surface area (Å²) >= 11 is 5.85. The summed E-state index contributed by atoms with van der Waals surface area (Å²) in [5, 5.41) is 9.39. The Bertz CT molecular complexity index is 1100. The Hall–Kier alpha value is -3.39. The van der Waals surface area contributed by atoms with E-state index in [1.165, 1.54) is 60.7 Å². The van der Waals surface area contributed by atoms with Crippen molar-refractivity contribution in [3.8, 4) is 23.0 Å². The van der Waals surface area contributed by atoms with Gasteiger partial charge in [0.1, 0.15) is 5.75 Å². The number of hydrogen-bond donors (Lipinski definition) is 1. The number of hydrogen-bond acceptors (Lipinski definition) is 4. The van der Waals surface area contributed by atoms with Gasteiger partial charge in [-0.1, -0.05) is 23.8 Å². The summed E-state index contributed by atoms with van der Waals surface area (Å²) in [6.45, 7) is 1.55. The number of aromatic carboxylic acids is 1. The van der Waals surface area contributed by atoms with Gasteiger partial charge < -0.3 is 9.84 Å². The van der Waals surface area contributed by atoms with Crippen LogP contribution in [-0.4, -0.2) is 21.0 Å². The van der Waals surface area contributed by atoms with Gasteiger partial charge in [0.25, 0.3) is 0 Å². The molecule has 0 atom stereocenters. The van der Waals surface area contributed by atoms with Gasteiger partial charge in [-0.3, -0.25) is 0 Å². The molecule has 1 N–H and O–H groups in total. The van der Waals surface area contributed by atoms with Crippen molar-refractivity contribution in [2.75, 3.05) is 0 Å². The van der Waals surface area contributed by atoms with Gasteiger partial charge in [0.05, 0.1) is 11.1 Å². The van der Waals surface area contributed by atoms with Crippen LogP contribution in [0.25, 0.3) is 17.5 Å². The first-order valence-electron chi connectivity index (χ1n) is 8.58. The standard InChI is InChI=1S/C21H14ClF3N2O3/c1-2-3-16-17(21(23,24)25)26-18(12-4-8-14(22)9-5-12)27-19(16)30-15-10-6-13(7-11-15)20(28)29/h2-11H,1H3,(H,28,29). The summed E-state index contributed by atoms with van der Waals surface area (Å²) in [6.07, 6.45) is -2.14. The zero-order valence-corrected chi connectivity index (χ0v) is 16.2. The first-order valence-corrected chi connectivity index (χ1v) is 8.96. The molecule has 0 spiro atoms. The highest BCUT2D eigenvalue weighted by Gasteiger charge is 2.37. The molecule has 0 fully saturated rings. The van der Waals surface area contributed by atoms with Crippen LogP contribution in [0.4, 0.5) is 13.2 Å². The molecule has 0 aliphatic carbocycles. The highest BCUT2D eigenvalue weighted by atomic mass is 35.5. The second-order valence-electron chi connectivity index (χ2n) is 6.05. The van der Waals surface area contributed by atoms with Crippen molar-refractivity contribution in [2.45, 2.75) is 13.1 Å². The minimum Gasteiger partial charge on any atom is -0.478 e. The molecule has 154 valence electrons. The number of aromatic nitrogens is 2. The molecule has 30 heavy (non-hydrogen) atoms. The molecule has 0 aliphatic heterocycles. The summed E-state index contributed by atoms with van der Waals surface area (Å²) in [5.74, 6) is -1.52. The predicted octanol–water partition coefficient (Wildman–Crippen LogP) is 6.34. The first kappa shape index (κ1) is 21.3. The lowest BCUT2D eigenvalue weighted by Gasteiger charge is -2.15. The van der Waals surface area contributed by atoms with Crippen LogP contribution in [0, 0.1) is 0 Å². The molecule has 0 unspecified atom stereocenters. The number of carboxylic acid groups (broad SMARTS) is 1. The van der Waals surface area contributed by atoms with Crippen molar-refractivity contribution in [1.82, 2.24) is 9.97 Å². The summed E-state index contributed by atoms with van der Waals surface area (Å²) < 4.78 is 46.8. The van der Waals surface area contributed by atoms with E-state index in [9.17, 15) is 18.0 Å². The van der Waals surface area contributed by atoms with Crippen molar-refractivity contribution >= 4 is 23.6 Å². The summed E-state index contributed by atoms with van der Waals surface area (Å²) in [5.41, 5.74) is -1.16. The average Bonchev–Trinajstić information content (AvgIpc) is 2.69. The molecule has 5 nitrogen and oxygen atoms in total. The summed E-state index contributed by atoms with van der Waals surface area (Å²) in [6, 6.07) is 11.2. The van der Waals surface area contributed by atoms with E-state index in [4.69, 9.17) is 21.4 Å². The molecule has 0 amide bonds. The fourth-order valence-corrected chi connectivity index (χ4v) is 2.69. The van der Waals surface area contributed by atoms with Crippen LogP contribution >= 0.6 is 11.6 Å². The smallest absolute Gasteiger partial charge is 0.434 e. The maximum atomic E-state index is 13.7. The van der Waals surface area contributed by atoms with Crippen molar-refractivity contribution in [2.24, 2.45) is 0 Å². The molecule has 0 saturated carbocycles. The number of alkyl halides is 3. The quantitative estimate of drug-likeness (QED) is 0.507. The topological polar surface area (TPSA) is 72.3 Å². The number of carboxylic acids is 1. The molecule has 0 saturated heterocycles. The van der Waals surface area contributed by atoms with Crippen molar-refractivity contribution in [3.63, 3.8) is 0 Å². The molecule has 1 heterocycles. The third kappa shape index (κ3) is 4.77. The van der Waals surface area contributed by atoms with Gasteiger partial charge >= 0.3 is 12.1 Å². The van der Waals surface area contributed by atoms with Gasteiger partial charge in [0.15, 0.2) is 11.5 Å². The highest BCUT2D eigenvalue weighted by molar-refractivity contribution is 6.30. The van der Waals surface area contributed by atoms with E-state index in [0.717, 1.165) is 0 Å². The van der Waals surface area contributed by atoms with Crippen LogP contribution in [0.2, 0.25) is 5.02 Å². The average molecular weight is 435 g/mol. The van der Waals surface area contributed by atoms with Gasteiger partial charge in [-0.2, -0.15) is 18.2 Å². The number of ether oxygens (including phenoxy) is 1. The van der Waals surface area contributed by atoms with Crippen LogP contribution < -0.4 is 4.74 Å². The zero-order chi connectivity index (χ0) is 21.9. The van der Waals surface area contributed by atoms with E-state index in [0.29, 0.717) is 10.6 Å². The van der Waals surface area contributed by atoms with Crippen molar-refractivity contribution < 1.29 is 27.8 Å².